The molecule has 0 aromatic heterocycles. The van der Waals surface area contributed by atoms with Gasteiger partial charge in [0.05, 0.1) is 11.4 Å². The fourth-order valence-corrected chi connectivity index (χ4v) is 2.60. The van der Waals surface area contributed by atoms with Gasteiger partial charge in [-0.3, -0.25) is 9.59 Å². The lowest BCUT2D eigenvalue weighted by molar-refractivity contribution is -0.115. The van der Waals surface area contributed by atoms with Crippen LogP contribution in [0.2, 0.25) is 0 Å². The number of nitrogens with one attached hydrogen (secondary N) is 2. The van der Waals surface area contributed by atoms with Crippen LogP contribution in [0.5, 0.6) is 11.5 Å². The van der Waals surface area contributed by atoms with Crippen LogP contribution < -0.4 is 10.6 Å². The maximum atomic E-state index is 11.3. The van der Waals surface area contributed by atoms with Crippen LogP contribution in [0.4, 0.5) is 11.4 Å². The van der Waals surface area contributed by atoms with Crippen LogP contribution in [0.1, 0.15) is 38.8 Å². The molecular weight excluding hydrogens is 320 g/mol. The van der Waals surface area contributed by atoms with Gasteiger partial charge in [0.1, 0.15) is 11.5 Å². The largest absolute Gasteiger partial charge is 0.506 e. The highest BCUT2D eigenvalue weighted by Crippen LogP contribution is 2.38. The zero-order valence-corrected chi connectivity index (χ0v) is 14.7. The Kier molecular flexibility index (Phi) is 5.02. The van der Waals surface area contributed by atoms with Gasteiger partial charge in [-0.2, -0.15) is 0 Å². The third-order valence-electron chi connectivity index (χ3n) is 4.06. The van der Waals surface area contributed by atoms with Crippen molar-refractivity contribution in [2.75, 3.05) is 10.6 Å². The van der Waals surface area contributed by atoms with Gasteiger partial charge in [-0.25, -0.2) is 0 Å². The number of carbonyl (C=O) groups excluding carboxylic acids is 2. The molecule has 25 heavy (non-hydrogen) atoms. The molecule has 0 saturated heterocycles. The Bertz CT molecular complexity index is 761. The fraction of sp³-hybridized carbons (Fsp3) is 0.263. The Balaban J connectivity index is 2.48. The van der Waals surface area contributed by atoms with Crippen molar-refractivity contribution in [2.45, 2.75) is 33.1 Å². The van der Waals surface area contributed by atoms with Crippen molar-refractivity contribution in [1.29, 1.82) is 0 Å². The van der Waals surface area contributed by atoms with Gasteiger partial charge < -0.3 is 20.8 Å². The summed E-state index contributed by atoms with van der Waals surface area (Å²) in [7, 11) is 0. The third-order valence-corrected chi connectivity index (χ3v) is 4.06. The first kappa shape index (κ1) is 18.3. The van der Waals surface area contributed by atoms with E-state index in [4.69, 9.17) is 0 Å². The number of benzene rings is 2. The number of amides is 2. The minimum absolute atomic E-state index is 0.0145. The van der Waals surface area contributed by atoms with E-state index in [-0.39, 0.29) is 23.3 Å². The van der Waals surface area contributed by atoms with Gasteiger partial charge >= 0.3 is 0 Å². The number of hydrogen-bond donors (Lipinski definition) is 4. The van der Waals surface area contributed by atoms with E-state index in [1.165, 1.54) is 26.0 Å². The second-order valence-electron chi connectivity index (χ2n) is 6.45. The SMILES string of the molecule is CC(=O)Nc1cc(C(C)(C)c2ccc(O)c(NC(C)=O)c2)ccc1O. The van der Waals surface area contributed by atoms with Crippen LogP contribution in [0, 0.1) is 0 Å². The molecule has 6 nitrogen and oxygen atoms in total. The molecule has 0 spiro atoms. The van der Waals surface area contributed by atoms with Crippen LogP contribution in [0.3, 0.4) is 0 Å². The van der Waals surface area contributed by atoms with E-state index < -0.39 is 5.41 Å². The molecular formula is C19H22N2O4. The first-order chi connectivity index (χ1) is 11.6. The van der Waals surface area contributed by atoms with E-state index in [0.29, 0.717) is 11.4 Å². The van der Waals surface area contributed by atoms with Crippen molar-refractivity contribution in [3.05, 3.63) is 47.5 Å². The topological polar surface area (TPSA) is 98.7 Å². The van der Waals surface area contributed by atoms with Crippen LogP contribution >= 0.6 is 0 Å². The summed E-state index contributed by atoms with van der Waals surface area (Å²) in [5.41, 5.74) is 1.88. The van der Waals surface area contributed by atoms with E-state index in [2.05, 4.69) is 10.6 Å². The minimum Gasteiger partial charge on any atom is -0.506 e. The van der Waals surface area contributed by atoms with Gasteiger partial charge in [-0.1, -0.05) is 26.0 Å². The van der Waals surface area contributed by atoms with Crippen LogP contribution in [0.25, 0.3) is 0 Å². The lowest BCUT2D eigenvalue weighted by Gasteiger charge is -2.27. The summed E-state index contributed by atoms with van der Waals surface area (Å²) >= 11 is 0. The maximum Gasteiger partial charge on any atom is 0.221 e. The highest BCUT2D eigenvalue weighted by Gasteiger charge is 2.25. The highest BCUT2D eigenvalue weighted by atomic mass is 16.3. The van der Waals surface area contributed by atoms with Gasteiger partial charge in [0.15, 0.2) is 0 Å². The third kappa shape index (κ3) is 4.09. The van der Waals surface area contributed by atoms with Gasteiger partial charge in [-0.15, -0.1) is 0 Å². The molecule has 0 atom stereocenters. The second kappa shape index (κ2) is 6.84. The molecule has 2 aromatic rings. The molecule has 0 heterocycles. The van der Waals surface area contributed by atoms with E-state index in [1.54, 1.807) is 24.3 Å². The molecule has 4 N–H and O–H groups in total. The smallest absolute Gasteiger partial charge is 0.221 e. The van der Waals surface area contributed by atoms with Gasteiger partial charge in [-0.05, 0) is 35.4 Å². The molecule has 0 fully saturated rings. The molecule has 0 bridgehead atoms. The van der Waals surface area contributed by atoms with Gasteiger partial charge in [0, 0.05) is 19.3 Å². The fourth-order valence-electron chi connectivity index (χ4n) is 2.60. The number of phenolic OH excluding ortho intramolecular Hbond substituents is 2. The van der Waals surface area contributed by atoms with E-state index in [9.17, 15) is 19.8 Å². The van der Waals surface area contributed by atoms with Crippen molar-refractivity contribution >= 4 is 23.2 Å². The van der Waals surface area contributed by atoms with Crippen LogP contribution in [-0.2, 0) is 15.0 Å². The quantitative estimate of drug-likeness (QED) is 0.640. The number of rotatable bonds is 4. The summed E-state index contributed by atoms with van der Waals surface area (Å²) < 4.78 is 0. The number of anilines is 2. The first-order valence-corrected chi connectivity index (χ1v) is 7.83. The predicted octanol–water partition coefficient (Wildman–Crippen LogP) is 3.34. The summed E-state index contributed by atoms with van der Waals surface area (Å²) in [5.74, 6) is -0.579. The average molecular weight is 342 g/mol. The molecule has 2 aromatic carbocycles. The molecule has 2 rings (SSSR count). The summed E-state index contributed by atoms with van der Waals surface area (Å²) in [5, 5.41) is 25.0. The number of phenols is 2. The molecule has 0 aliphatic heterocycles. The molecule has 0 saturated carbocycles. The molecule has 132 valence electrons. The predicted molar refractivity (Wildman–Crippen MR) is 96.9 cm³/mol. The number of carbonyl (C=O) groups is 2. The lowest BCUT2D eigenvalue weighted by atomic mass is 9.77. The van der Waals surface area contributed by atoms with Crippen molar-refractivity contribution in [1.82, 2.24) is 0 Å². The minimum atomic E-state index is -0.498. The number of aromatic hydroxyl groups is 2. The Morgan fingerprint density at radius 2 is 1.16 bits per heavy atom. The monoisotopic (exact) mass is 342 g/mol. The van der Waals surface area contributed by atoms with Crippen molar-refractivity contribution < 1.29 is 19.8 Å². The summed E-state index contributed by atoms with van der Waals surface area (Å²) in [6.45, 7) is 6.69. The van der Waals surface area contributed by atoms with Crippen molar-refractivity contribution in [3.63, 3.8) is 0 Å². The Morgan fingerprint density at radius 3 is 1.48 bits per heavy atom. The second-order valence-corrected chi connectivity index (χ2v) is 6.45. The van der Waals surface area contributed by atoms with Crippen molar-refractivity contribution in [2.24, 2.45) is 0 Å². The van der Waals surface area contributed by atoms with Crippen LogP contribution in [0.15, 0.2) is 36.4 Å². The van der Waals surface area contributed by atoms with E-state index >= 15 is 0 Å². The van der Waals surface area contributed by atoms with Gasteiger partial charge in [0.2, 0.25) is 11.8 Å². The molecule has 2 amide bonds. The molecule has 0 aliphatic rings. The van der Waals surface area contributed by atoms with E-state index in [0.717, 1.165) is 11.1 Å². The molecule has 0 aliphatic carbocycles. The summed E-state index contributed by atoms with van der Waals surface area (Å²) in [6.07, 6.45) is 0. The summed E-state index contributed by atoms with van der Waals surface area (Å²) in [4.78, 5) is 22.6. The van der Waals surface area contributed by atoms with Crippen LogP contribution in [-0.4, -0.2) is 22.0 Å². The zero-order valence-electron chi connectivity index (χ0n) is 14.7. The van der Waals surface area contributed by atoms with Crippen molar-refractivity contribution in [3.8, 4) is 11.5 Å². The standard InChI is InChI=1S/C19H22N2O4/c1-11(22)20-15-9-13(5-7-17(15)24)19(3,4)14-6-8-18(25)16(10-14)21-12(2)23/h5-10,24-25H,1-4H3,(H,20,22)(H,21,23). The average Bonchev–Trinajstić information content (AvgIpc) is 2.50. The normalized spacial score (nSPS) is 11.0. The maximum absolute atomic E-state index is 11.3. The molecule has 6 heteroatoms. The Hall–Kier alpha value is -3.02. The Morgan fingerprint density at radius 1 is 0.800 bits per heavy atom. The first-order valence-electron chi connectivity index (χ1n) is 7.83. The number of hydrogen-bond acceptors (Lipinski definition) is 4. The Labute approximate surface area is 146 Å². The highest BCUT2D eigenvalue weighted by molar-refractivity contribution is 5.91. The molecule has 0 radical (unpaired) electrons. The molecule has 0 unspecified atom stereocenters. The van der Waals surface area contributed by atoms with E-state index in [1.807, 2.05) is 13.8 Å². The zero-order chi connectivity index (χ0) is 18.8. The van der Waals surface area contributed by atoms with Gasteiger partial charge in [0.25, 0.3) is 0 Å². The summed E-state index contributed by atoms with van der Waals surface area (Å²) in [6, 6.07) is 10.0. The lowest BCUT2D eigenvalue weighted by Crippen LogP contribution is -2.20.